The molecule has 14 heavy (non-hydrogen) atoms. The van der Waals surface area contributed by atoms with Crippen LogP contribution >= 0.6 is 0 Å². The fraction of sp³-hybridized carbons (Fsp3) is 0.182. The Morgan fingerprint density at radius 2 is 2.07 bits per heavy atom. The van der Waals surface area contributed by atoms with Gasteiger partial charge in [0.05, 0.1) is 5.69 Å². The van der Waals surface area contributed by atoms with Gasteiger partial charge >= 0.3 is 0 Å². The van der Waals surface area contributed by atoms with E-state index < -0.39 is 0 Å². The summed E-state index contributed by atoms with van der Waals surface area (Å²) in [6.07, 6.45) is 1.59. The summed E-state index contributed by atoms with van der Waals surface area (Å²) in [7, 11) is 0. The Kier molecular flexibility index (Phi) is 2.17. The highest BCUT2D eigenvalue weighted by atomic mass is 19.1. The number of rotatable bonds is 1. The second-order valence-corrected chi connectivity index (χ2v) is 3.25. The van der Waals surface area contributed by atoms with Crippen molar-refractivity contribution in [2.45, 2.75) is 13.5 Å². The molecule has 3 heteroatoms. The van der Waals surface area contributed by atoms with E-state index in [1.54, 1.807) is 25.3 Å². The predicted molar refractivity (Wildman–Crippen MR) is 54.3 cm³/mol. The van der Waals surface area contributed by atoms with Crippen molar-refractivity contribution in [3.05, 3.63) is 41.5 Å². The van der Waals surface area contributed by atoms with Gasteiger partial charge in [0.1, 0.15) is 5.82 Å². The number of nitrogens with zero attached hydrogens (tertiary/aromatic N) is 1. The lowest BCUT2D eigenvalue weighted by molar-refractivity contribution is 0.630. The zero-order valence-electron chi connectivity index (χ0n) is 7.92. The van der Waals surface area contributed by atoms with Crippen molar-refractivity contribution in [3.8, 4) is 0 Å². The van der Waals surface area contributed by atoms with Crippen LogP contribution in [-0.4, -0.2) is 4.98 Å². The number of aryl methyl sites for hydroxylation is 1. The minimum atomic E-state index is -0.181. The van der Waals surface area contributed by atoms with Crippen molar-refractivity contribution in [3.63, 3.8) is 0 Å². The highest BCUT2D eigenvalue weighted by molar-refractivity contribution is 5.85. The fourth-order valence-electron chi connectivity index (χ4n) is 1.55. The van der Waals surface area contributed by atoms with Crippen LogP contribution in [0.5, 0.6) is 0 Å². The molecule has 1 heterocycles. The summed E-state index contributed by atoms with van der Waals surface area (Å²) in [5, 5.41) is 1.40. The summed E-state index contributed by atoms with van der Waals surface area (Å²) in [6.45, 7) is 2.08. The first-order chi connectivity index (χ1) is 6.74. The largest absolute Gasteiger partial charge is 0.325 e. The zero-order valence-corrected chi connectivity index (χ0v) is 7.92. The van der Waals surface area contributed by atoms with Gasteiger partial charge in [-0.2, -0.15) is 0 Å². The molecule has 0 amide bonds. The van der Waals surface area contributed by atoms with Gasteiger partial charge < -0.3 is 5.73 Å². The second kappa shape index (κ2) is 3.35. The summed E-state index contributed by atoms with van der Waals surface area (Å²) in [5.41, 5.74) is 6.90. The molecular formula is C11H11FN2. The number of hydrogen-bond acceptors (Lipinski definition) is 2. The lowest BCUT2D eigenvalue weighted by Gasteiger charge is -2.05. The average molecular weight is 190 g/mol. The Balaban J connectivity index is 2.86. The zero-order chi connectivity index (χ0) is 10.1. The first kappa shape index (κ1) is 9.09. The summed E-state index contributed by atoms with van der Waals surface area (Å²) in [6, 6.07) is 5.29. The minimum Gasteiger partial charge on any atom is -0.325 e. The minimum absolute atomic E-state index is 0.181. The number of fused-ring (bicyclic) bond motifs is 1. The quantitative estimate of drug-likeness (QED) is 0.748. The maximum Gasteiger partial charge on any atom is 0.134 e. The lowest BCUT2D eigenvalue weighted by Crippen LogP contribution is -2.01. The van der Waals surface area contributed by atoms with E-state index in [1.165, 1.54) is 0 Å². The van der Waals surface area contributed by atoms with E-state index in [0.29, 0.717) is 17.5 Å². The molecule has 0 aliphatic rings. The molecule has 2 aromatic rings. The molecule has 0 spiro atoms. The van der Waals surface area contributed by atoms with Gasteiger partial charge in [-0.05, 0) is 18.6 Å². The number of hydrogen-bond donors (Lipinski definition) is 1. The van der Waals surface area contributed by atoms with Crippen LogP contribution in [0.4, 0.5) is 4.39 Å². The fourth-order valence-corrected chi connectivity index (χ4v) is 1.55. The molecule has 0 saturated carbocycles. The van der Waals surface area contributed by atoms with Crippen molar-refractivity contribution in [2.75, 3.05) is 0 Å². The molecule has 0 aliphatic carbocycles. The van der Waals surface area contributed by atoms with Crippen LogP contribution in [0.25, 0.3) is 10.8 Å². The molecule has 0 radical (unpaired) electrons. The SMILES string of the molecule is Cc1ccc2c(CN)nccc2c1F. The van der Waals surface area contributed by atoms with Gasteiger partial charge in [-0.15, -0.1) is 0 Å². The molecule has 0 unspecified atom stereocenters. The number of benzene rings is 1. The van der Waals surface area contributed by atoms with Crippen molar-refractivity contribution in [1.82, 2.24) is 4.98 Å². The van der Waals surface area contributed by atoms with Gasteiger partial charge in [0.15, 0.2) is 0 Å². The topological polar surface area (TPSA) is 38.9 Å². The van der Waals surface area contributed by atoms with E-state index in [0.717, 1.165) is 11.1 Å². The van der Waals surface area contributed by atoms with E-state index in [9.17, 15) is 4.39 Å². The van der Waals surface area contributed by atoms with Crippen LogP contribution in [0.2, 0.25) is 0 Å². The van der Waals surface area contributed by atoms with Gasteiger partial charge in [-0.3, -0.25) is 4.98 Å². The first-order valence-electron chi connectivity index (χ1n) is 4.47. The Hall–Kier alpha value is -1.48. The molecule has 0 atom stereocenters. The molecule has 1 aromatic heterocycles. The highest BCUT2D eigenvalue weighted by Gasteiger charge is 2.06. The smallest absolute Gasteiger partial charge is 0.134 e. The monoisotopic (exact) mass is 190 g/mol. The van der Waals surface area contributed by atoms with Crippen molar-refractivity contribution in [1.29, 1.82) is 0 Å². The molecule has 0 saturated heterocycles. The molecule has 72 valence electrons. The van der Waals surface area contributed by atoms with Crippen LogP contribution in [-0.2, 0) is 6.54 Å². The number of nitrogens with two attached hydrogens (primary N) is 1. The number of halogens is 1. The van der Waals surface area contributed by atoms with Crippen molar-refractivity contribution in [2.24, 2.45) is 5.73 Å². The Morgan fingerprint density at radius 1 is 1.29 bits per heavy atom. The maximum atomic E-state index is 13.6. The molecule has 1 aromatic carbocycles. The van der Waals surface area contributed by atoms with E-state index in [2.05, 4.69) is 4.98 Å². The summed E-state index contributed by atoms with van der Waals surface area (Å²) in [5.74, 6) is -0.181. The Morgan fingerprint density at radius 3 is 2.79 bits per heavy atom. The number of aromatic nitrogens is 1. The maximum absolute atomic E-state index is 13.6. The lowest BCUT2D eigenvalue weighted by atomic mass is 10.1. The molecule has 0 bridgehead atoms. The molecule has 2 nitrogen and oxygen atoms in total. The van der Waals surface area contributed by atoms with Gasteiger partial charge in [-0.1, -0.05) is 12.1 Å². The average Bonchev–Trinajstić information content (AvgIpc) is 2.23. The second-order valence-electron chi connectivity index (χ2n) is 3.25. The third-order valence-corrected chi connectivity index (χ3v) is 2.35. The van der Waals surface area contributed by atoms with Crippen LogP contribution in [0.3, 0.4) is 0 Å². The number of pyridine rings is 1. The van der Waals surface area contributed by atoms with E-state index in [-0.39, 0.29) is 5.82 Å². The van der Waals surface area contributed by atoms with Crippen LogP contribution < -0.4 is 5.73 Å². The van der Waals surface area contributed by atoms with Crippen LogP contribution in [0.1, 0.15) is 11.3 Å². The van der Waals surface area contributed by atoms with E-state index >= 15 is 0 Å². The molecular weight excluding hydrogens is 179 g/mol. The molecule has 0 aliphatic heterocycles. The van der Waals surface area contributed by atoms with Crippen LogP contribution in [0, 0.1) is 12.7 Å². The van der Waals surface area contributed by atoms with Gasteiger partial charge in [0, 0.05) is 23.5 Å². The highest BCUT2D eigenvalue weighted by Crippen LogP contribution is 2.22. The van der Waals surface area contributed by atoms with Gasteiger partial charge in [0.2, 0.25) is 0 Å². The molecule has 0 fully saturated rings. The van der Waals surface area contributed by atoms with E-state index in [1.807, 2.05) is 6.07 Å². The third-order valence-electron chi connectivity index (χ3n) is 2.35. The predicted octanol–water partition coefficient (Wildman–Crippen LogP) is 2.14. The Bertz CT molecular complexity index is 480. The standard InChI is InChI=1S/C11H11FN2/c1-7-2-3-8-9(11(7)12)4-5-14-10(8)6-13/h2-5H,6,13H2,1H3. The first-order valence-corrected chi connectivity index (χ1v) is 4.47. The van der Waals surface area contributed by atoms with Crippen molar-refractivity contribution >= 4 is 10.8 Å². The summed E-state index contributed by atoms with van der Waals surface area (Å²) >= 11 is 0. The Labute approximate surface area is 81.6 Å². The van der Waals surface area contributed by atoms with E-state index in [4.69, 9.17) is 5.73 Å². The normalized spacial score (nSPS) is 10.8. The van der Waals surface area contributed by atoms with Gasteiger partial charge in [0.25, 0.3) is 0 Å². The van der Waals surface area contributed by atoms with Gasteiger partial charge in [-0.25, -0.2) is 4.39 Å². The van der Waals surface area contributed by atoms with Crippen molar-refractivity contribution < 1.29 is 4.39 Å². The summed E-state index contributed by atoms with van der Waals surface area (Å²) < 4.78 is 13.6. The van der Waals surface area contributed by atoms with Crippen LogP contribution in [0.15, 0.2) is 24.4 Å². The molecule has 2 rings (SSSR count). The third kappa shape index (κ3) is 1.26. The summed E-state index contributed by atoms with van der Waals surface area (Å²) in [4.78, 5) is 4.10. The molecule has 2 N–H and O–H groups in total.